The van der Waals surface area contributed by atoms with Crippen molar-refractivity contribution in [1.82, 2.24) is 19.7 Å². The van der Waals surface area contributed by atoms with Crippen LogP contribution in [0.15, 0.2) is 58.0 Å². The van der Waals surface area contributed by atoms with E-state index in [0.29, 0.717) is 27.7 Å². The van der Waals surface area contributed by atoms with E-state index in [0.717, 1.165) is 22.9 Å². The van der Waals surface area contributed by atoms with Crippen molar-refractivity contribution in [2.24, 2.45) is 0 Å². The summed E-state index contributed by atoms with van der Waals surface area (Å²) < 4.78 is 48.5. The zero-order chi connectivity index (χ0) is 22.6. The molecule has 0 saturated carbocycles. The highest BCUT2D eigenvalue weighted by molar-refractivity contribution is 6.04. The summed E-state index contributed by atoms with van der Waals surface area (Å²) >= 11 is 0. The average molecular weight is 440 g/mol. The molecule has 3 heterocycles. The summed E-state index contributed by atoms with van der Waals surface area (Å²) in [5.74, 6) is 0.248. The van der Waals surface area contributed by atoms with Crippen LogP contribution in [-0.2, 0) is 0 Å². The quantitative estimate of drug-likeness (QED) is 0.425. The van der Waals surface area contributed by atoms with Gasteiger partial charge in [-0.05, 0) is 43.7 Å². The van der Waals surface area contributed by atoms with Crippen molar-refractivity contribution < 1.29 is 22.4 Å². The minimum Gasteiger partial charge on any atom is -0.406 e. The van der Waals surface area contributed by atoms with E-state index in [1.165, 1.54) is 29.0 Å². The van der Waals surface area contributed by atoms with Gasteiger partial charge in [0.1, 0.15) is 11.5 Å². The zero-order valence-electron chi connectivity index (χ0n) is 16.8. The van der Waals surface area contributed by atoms with Crippen molar-refractivity contribution in [1.29, 1.82) is 0 Å². The number of aryl methyl sites for hydroxylation is 2. The fourth-order valence-corrected chi connectivity index (χ4v) is 3.90. The first-order valence-corrected chi connectivity index (χ1v) is 9.54. The van der Waals surface area contributed by atoms with Crippen molar-refractivity contribution in [2.75, 3.05) is 0 Å². The number of H-pyrrole nitrogens is 1. The van der Waals surface area contributed by atoms with Gasteiger partial charge in [-0.3, -0.25) is 9.55 Å². The molecule has 0 amide bonds. The Bertz CT molecular complexity index is 1530. The van der Waals surface area contributed by atoms with Crippen LogP contribution in [-0.4, -0.2) is 26.1 Å². The van der Waals surface area contributed by atoms with Gasteiger partial charge >= 0.3 is 12.1 Å². The average Bonchev–Trinajstić information content (AvgIpc) is 3.24. The van der Waals surface area contributed by atoms with Gasteiger partial charge in [0.25, 0.3) is 0 Å². The fraction of sp³-hybridized carbons (Fsp3) is 0.136. The minimum atomic E-state index is -4.84. The summed E-state index contributed by atoms with van der Waals surface area (Å²) in [7, 11) is 0. The molecular formula is C22H15F3N4O3. The molecule has 10 heteroatoms. The Kier molecular flexibility index (Phi) is 4.33. The third kappa shape index (κ3) is 3.29. The van der Waals surface area contributed by atoms with Crippen molar-refractivity contribution in [3.63, 3.8) is 0 Å². The lowest BCUT2D eigenvalue weighted by Crippen LogP contribution is -2.18. The van der Waals surface area contributed by atoms with Crippen molar-refractivity contribution in [2.45, 2.75) is 20.2 Å². The van der Waals surface area contributed by atoms with Crippen LogP contribution in [0.2, 0.25) is 0 Å². The van der Waals surface area contributed by atoms with Gasteiger partial charge in [-0.25, -0.2) is 4.79 Å². The molecule has 0 bridgehead atoms. The van der Waals surface area contributed by atoms with Gasteiger partial charge in [0, 0.05) is 17.0 Å². The van der Waals surface area contributed by atoms with Crippen LogP contribution in [0.25, 0.3) is 38.8 Å². The van der Waals surface area contributed by atoms with Gasteiger partial charge in [-0.1, -0.05) is 17.3 Å². The maximum Gasteiger partial charge on any atom is 0.573 e. The van der Waals surface area contributed by atoms with Gasteiger partial charge in [0.05, 0.1) is 34.1 Å². The zero-order valence-corrected chi connectivity index (χ0v) is 16.8. The molecule has 0 atom stereocenters. The topological polar surface area (TPSA) is 85.9 Å². The normalized spacial score (nSPS) is 12.0. The fourth-order valence-electron chi connectivity index (χ4n) is 3.90. The maximum absolute atomic E-state index is 12.7. The maximum atomic E-state index is 12.7. The number of nitrogens with zero attached hydrogens (tertiary/aromatic N) is 3. The number of halogens is 3. The van der Waals surface area contributed by atoms with Crippen LogP contribution in [0.3, 0.4) is 0 Å². The summed E-state index contributed by atoms with van der Waals surface area (Å²) in [5, 5.41) is 4.63. The number of aromatic amines is 1. The molecule has 0 aliphatic heterocycles. The number of fused-ring (bicyclic) bond motifs is 3. The van der Waals surface area contributed by atoms with Crippen molar-refractivity contribution >= 4 is 21.9 Å². The standard InChI is InChI=1S/C22H15F3N4O3/c1-11-19(12(2)32-28-11)13-6-7-16-17(8-13)26-10-18-20(16)29(21(30)27-18)14-4-3-5-15(9-14)31-22(23,24)25/h3-10H,1-2H3,(H,27,30). The second kappa shape index (κ2) is 6.98. The molecule has 1 N–H and O–H groups in total. The monoisotopic (exact) mass is 440 g/mol. The number of aromatic nitrogens is 4. The van der Waals surface area contributed by atoms with Gasteiger partial charge < -0.3 is 14.2 Å². The molecule has 5 rings (SSSR count). The lowest BCUT2D eigenvalue weighted by atomic mass is 10.0. The van der Waals surface area contributed by atoms with Crippen LogP contribution >= 0.6 is 0 Å². The van der Waals surface area contributed by atoms with Gasteiger partial charge in [0.2, 0.25) is 0 Å². The second-order valence-electron chi connectivity index (χ2n) is 7.26. The number of nitrogens with one attached hydrogen (secondary N) is 1. The highest BCUT2D eigenvalue weighted by atomic mass is 19.4. The van der Waals surface area contributed by atoms with Crippen LogP contribution in [0.1, 0.15) is 11.5 Å². The second-order valence-corrected chi connectivity index (χ2v) is 7.26. The van der Waals surface area contributed by atoms with Crippen molar-refractivity contribution in [3.05, 3.63) is 70.6 Å². The van der Waals surface area contributed by atoms with E-state index in [-0.39, 0.29) is 5.69 Å². The molecule has 0 aliphatic carbocycles. The lowest BCUT2D eigenvalue weighted by molar-refractivity contribution is -0.274. The van der Waals surface area contributed by atoms with Gasteiger partial charge in [0.15, 0.2) is 0 Å². The Hall–Kier alpha value is -4.08. The van der Waals surface area contributed by atoms with E-state index >= 15 is 0 Å². The molecule has 32 heavy (non-hydrogen) atoms. The molecule has 5 aromatic rings. The summed E-state index contributed by atoms with van der Waals surface area (Å²) in [5.41, 5.74) is 3.72. The molecule has 162 valence electrons. The number of benzene rings is 2. The lowest BCUT2D eigenvalue weighted by Gasteiger charge is -2.11. The number of pyridine rings is 1. The molecule has 0 aliphatic rings. The number of alkyl halides is 3. The minimum absolute atomic E-state index is 0.227. The Morgan fingerprint density at radius 3 is 2.66 bits per heavy atom. The Balaban J connectivity index is 1.72. The highest BCUT2D eigenvalue weighted by Gasteiger charge is 2.31. The Morgan fingerprint density at radius 1 is 1.12 bits per heavy atom. The smallest absolute Gasteiger partial charge is 0.406 e. The summed E-state index contributed by atoms with van der Waals surface area (Å²) in [4.78, 5) is 19.9. The summed E-state index contributed by atoms with van der Waals surface area (Å²) in [6.07, 6.45) is -3.32. The molecule has 3 aromatic heterocycles. The van der Waals surface area contributed by atoms with E-state index in [2.05, 4.69) is 19.9 Å². The Labute approximate surface area is 178 Å². The summed E-state index contributed by atoms with van der Waals surface area (Å²) in [6, 6.07) is 10.8. The van der Waals surface area contributed by atoms with E-state index in [1.54, 1.807) is 0 Å². The van der Waals surface area contributed by atoms with E-state index in [1.807, 2.05) is 32.0 Å². The van der Waals surface area contributed by atoms with Gasteiger partial charge in [-0.15, -0.1) is 13.2 Å². The predicted molar refractivity (Wildman–Crippen MR) is 111 cm³/mol. The predicted octanol–water partition coefficient (Wildman–Crippen LogP) is 5.04. The number of rotatable bonds is 3. The molecule has 0 fully saturated rings. The van der Waals surface area contributed by atoms with Crippen LogP contribution in [0.4, 0.5) is 13.2 Å². The first kappa shape index (κ1) is 19.9. The molecule has 0 spiro atoms. The highest BCUT2D eigenvalue weighted by Crippen LogP contribution is 2.32. The Morgan fingerprint density at radius 2 is 1.94 bits per heavy atom. The number of ether oxygens (including phenoxy) is 1. The van der Waals surface area contributed by atoms with Crippen LogP contribution < -0.4 is 10.4 Å². The van der Waals surface area contributed by atoms with Crippen LogP contribution in [0.5, 0.6) is 5.75 Å². The first-order chi connectivity index (χ1) is 15.2. The van der Waals surface area contributed by atoms with E-state index in [9.17, 15) is 18.0 Å². The largest absolute Gasteiger partial charge is 0.573 e. The third-order valence-electron chi connectivity index (χ3n) is 5.14. The van der Waals surface area contributed by atoms with Gasteiger partial charge in [-0.2, -0.15) is 0 Å². The van der Waals surface area contributed by atoms with E-state index < -0.39 is 17.8 Å². The molecule has 2 aromatic carbocycles. The van der Waals surface area contributed by atoms with Crippen molar-refractivity contribution in [3.8, 4) is 22.6 Å². The molecule has 7 nitrogen and oxygen atoms in total. The number of hydrogen-bond donors (Lipinski definition) is 1. The first-order valence-electron chi connectivity index (χ1n) is 9.54. The molecule has 0 radical (unpaired) electrons. The molecular weight excluding hydrogens is 425 g/mol. The summed E-state index contributed by atoms with van der Waals surface area (Å²) in [6.45, 7) is 3.66. The number of imidazole rings is 1. The molecule has 0 unspecified atom stereocenters. The number of hydrogen-bond acceptors (Lipinski definition) is 5. The molecule has 0 saturated heterocycles. The SMILES string of the molecule is Cc1noc(C)c1-c1ccc2c(c1)ncc1[nH]c(=O)n(-c3cccc(OC(F)(F)F)c3)c12. The van der Waals surface area contributed by atoms with Crippen LogP contribution in [0, 0.1) is 13.8 Å². The van der Waals surface area contributed by atoms with E-state index in [4.69, 9.17) is 4.52 Å². The third-order valence-corrected chi connectivity index (χ3v) is 5.14.